The molecule has 6 atom stereocenters. The molecule has 5 aliphatic rings. The Morgan fingerprint density at radius 2 is 1.18 bits per heavy atom. The fourth-order valence-electron chi connectivity index (χ4n) is 8.28. The number of rotatable bonds is 0. The lowest BCUT2D eigenvalue weighted by atomic mass is 9.89. The van der Waals surface area contributed by atoms with E-state index in [1.807, 2.05) is 0 Å². The first-order valence-electron chi connectivity index (χ1n) is 15.6. The summed E-state index contributed by atoms with van der Waals surface area (Å²) in [5.41, 5.74) is 7.35. The van der Waals surface area contributed by atoms with Crippen LogP contribution in [0.15, 0.2) is 97.1 Å². The average molecular weight is 583 g/mol. The van der Waals surface area contributed by atoms with Crippen molar-refractivity contribution >= 4 is 22.4 Å². The summed E-state index contributed by atoms with van der Waals surface area (Å²) in [6, 6.07) is 26.4. The van der Waals surface area contributed by atoms with Crippen molar-refractivity contribution < 1.29 is 9.15 Å². The van der Waals surface area contributed by atoms with Crippen LogP contribution >= 0.6 is 0 Å². The van der Waals surface area contributed by atoms with Crippen LogP contribution in [0.4, 0.5) is 0 Å². The van der Waals surface area contributed by atoms with Crippen LogP contribution in [0.2, 0.25) is 0 Å². The SMILES string of the molecule is C[N+]1=C2NC(c3ccccc32)[N+](C)=c2[nH]c(c3ccccc23)=[N+](C)C2NC(=[N+](C)C3NC1c1ccccc13)C1C=CC=CC12. The van der Waals surface area contributed by atoms with E-state index in [1.54, 1.807) is 0 Å². The minimum atomic E-state index is -0.0350. The zero-order chi connectivity index (χ0) is 29.7. The molecule has 8 bridgehead atoms. The molecule has 4 N–H and O–H groups in total. The quantitative estimate of drug-likeness (QED) is 0.239. The third-order valence-corrected chi connectivity index (χ3v) is 10.5. The van der Waals surface area contributed by atoms with Crippen LogP contribution in [-0.4, -0.2) is 60.2 Å². The van der Waals surface area contributed by atoms with Crippen molar-refractivity contribution in [2.45, 2.75) is 24.7 Å². The van der Waals surface area contributed by atoms with Gasteiger partial charge in [-0.05, 0) is 24.3 Å². The van der Waals surface area contributed by atoms with Gasteiger partial charge in [-0.2, -0.15) is 0 Å². The molecule has 44 heavy (non-hydrogen) atoms. The maximum atomic E-state index is 4.03. The summed E-state index contributed by atoms with van der Waals surface area (Å²) in [4.78, 5) is 3.90. The maximum Gasteiger partial charge on any atom is 0.289 e. The number of fused-ring (bicyclic) bond motifs is 20. The second-order valence-electron chi connectivity index (χ2n) is 12.7. The standard InChI is InChI=1S/C36H35N8/c1-41-29-21-13-5-7-15-23(21)31(37-29)42(2)33-25-17-9-11-19-27(25)35(39-33)44(4)36-28-20-12-10-18-26(28)34(40-36)43(3)32-24-16-8-6-14-22(24)30(41)38-32/h5-21,23,29,33-35,39H,1-4H3/q+1/p+3. The molecule has 1 aromatic heterocycles. The first-order valence-corrected chi connectivity index (χ1v) is 15.6. The van der Waals surface area contributed by atoms with Gasteiger partial charge in [-0.25, -0.2) is 39.2 Å². The van der Waals surface area contributed by atoms with Gasteiger partial charge in [0.05, 0.1) is 61.9 Å². The Hall–Kier alpha value is -4.82. The van der Waals surface area contributed by atoms with Crippen LogP contribution in [0, 0.1) is 11.8 Å². The molecule has 0 amide bonds. The highest BCUT2D eigenvalue weighted by atomic mass is 15.4. The molecule has 1 fully saturated rings. The molecular formula is C36H38N8+4. The van der Waals surface area contributed by atoms with E-state index in [4.69, 9.17) is 0 Å². The van der Waals surface area contributed by atoms with Crippen molar-refractivity contribution in [1.82, 2.24) is 30.1 Å². The lowest BCUT2D eigenvalue weighted by Crippen LogP contribution is -2.49. The molecule has 0 saturated carbocycles. The summed E-state index contributed by atoms with van der Waals surface area (Å²) in [6.07, 6.45) is 9.19. The number of hydrogen-bond donors (Lipinski definition) is 4. The maximum absolute atomic E-state index is 4.03. The van der Waals surface area contributed by atoms with Gasteiger partial charge >= 0.3 is 0 Å². The third kappa shape index (κ3) is 3.43. The fraction of sp³-hybridized carbons (Fsp3) is 0.278. The number of amidine groups is 2. The molecule has 3 aromatic carbocycles. The van der Waals surface area contributed by atoms with E-state index in [0.717, 1.165) is 16.8 Å². The summed E-state index contributed by atoms with van der Waals surface area (Å²) in [7, 11) is 8.86. The monoisotopic (exact) mass is 582 g/mol. The van der Waals surface area contributed by atoms with Crippen LogP contribution < -0.4 is 36.1 Å². The van der Waals surface area contributed by atoms with Crippen molar-refractivity contribution in [3.05, 3.63) is 130 Å². The molecule has 8 heteroatoms. The van der Waals surface area contributed by atoms with E-state index in [0.29, 0.717) is 0 Å². The summed E-state index contributed by atoms with van der Waals surface area (Å²) in [6.45, 7) is 0. The number of aromatic amines is 1. The van der Waals surface area contributed by atoms with Gasteiger partial charge in [0, 0.05) is 11.1 Å². The molecule has 1 saturated heterocycles. The lowest BCUT2D eigenvalue weighted by molar-refractivity contribution is -0.588. The normalized spacial score (nSPS) is 28.3. The third-order valence-electron chi connectivity index (χ3n) is 10.5. The summed E-state index contributed by atoms with van der Waals surface area (Å²) < 4.78 is 9.60. The number of aromatic nitrogens is 1. The highest BCUT2D eigenvalue weighted by Gasteiger charge is 2.51. The second-order valence-corrected chi connectivity index (χ2v) is 12.7. The molecular weight excluding hydrogens is 544 g/mol. The highest BCUT2D eigenvalue weighted by molar-refractivity contribution is 6.00. The molecule has 1 aliphatic carbocycles. The molecule has 9 rings (SSSR count). The molecule has 0 spiro atoms. The van der Waals surface area contributed by atoms with E-state index in [-0.39, 0.29) is 36.5 Å². The lowest BCUT2D eigenvalue weighted by Gasteiger charge is -2.19. The number of hydrogen-bond acceptors (Lipinski definition) is 3. The van der Waals surface area contributed by atoms with E-state index in [9.17, 15) is 0 Å². The van der Waals surface area contributed by atoms with Crippen molar-refractivity contribution in [2.24, 2.45) is 11.8 Å². The molecule has 8 nitrogen and oxygen atoms in total. The molecule has 218 valence electrons. The van der Waals surface area contributed by atoms with Crippen molar-refractivity contribution in [3.8, 4) is 0 Å². The van der Waals surface area contributed by atoms with Gasteiger partial charge in [-0.3, -0.25) is 0 Å². The Morgan fingerprint density at radius 3 is 1.93 bits per heavy atom. The second kappa shape index (κ2) is 9.34. The van der Waals surface area contributed by atoms with E-state index >= 15 is 0 Å². The Bertz CT molecular complexity index is 2150. The predicted molar refractivity (Wildman–Crippen MR) is 173 cm³/mol. The van der Waals surface area contributed by atoms with Gasteiger partial charge < -0.3 is 0 Å². The van der Waals surface area contributed by atoms with Crippen molar-refractivity contribution in [3.63, 3.8) is 0 Å². The number of nitrogens with one attached hydrogen (secondary N) is 4. The summed E-state index contributed by atoms with van der Waals surface area (Å²) in [5.74, 6) is 2.90. The zero-order valence-electron chi connectivity index (χ0n) is 25.5. The Balaban J connectivity index is 1.39. The number of nitrogens with zero attached hydrogens (tertiary/aromatic N) is 4. The molecule has 0 radical (unpaired) electrons. The van der Waals surface area contributed by atoms with Gasteiger partial charge in [0.1, 0.15) is 0 Å². The molecule has 6 unspecified atom stereocenters. The molecule has 4 aromatic rings. The van der Waals surface area contributed by atoms with E-state index < -0.39 is 0 Å². The Morgan fingerprint density at radius 1 is 0.568 bits per heavy atom. The first kappa shape index (κ1) is 25.7. The van der Waals surface area contributed by atoms with Crippen LogP contribution in [0.1, 0.15) is 40.8 Å². The summed E-state index contributed by atoms with van der Waals surface area (Å²) >= 11 is 0. The van der Waals surface area contributed by atoms with Gasteiger partial charge in [0.2, 0.25) is 6.17 Å². The van der Waals surface area contributed by atoms with Crippen LogP contribution in [0.25, 0.3) is 10.8 Å². The van der Waals surface area contributed by atoms with Crippen LogP contribution in [0.3, 0.4) is 0 Å². The minimum absolute atomic E-state index is 0.00199. The average Bonchev–Trinajstić information content (AvgIpc) is 3.84. The molecule has 5 heterocycles. The Labute approximate surface area is 256 Å². The van der Waals surface area contributed by atoms with Gasteiger partial charge in [0.15, 0.2) is 12.3 Å². The van der Waals surface area contributed by atoms with Gasteiger partial charge in [-0.15, -0.1) is 0 Å². The van der Waals surface area contributed by atoms with E-state index in [1.165, 1.54) is 38.9 Å². The zero-order valence-corrected chi connectivity index (χ0v) is 25.5. The minimum Gasteiger partial charge on any atom is -0.247 e. The van der Waals surface area contributed by atoms with Crippen molar-refractivity contribution in [2.75, 3.05) is 28.2 Å². The number of H-pyrrole nitrogens is 1. The smallest absolute Gasteiger partial charge is 0.247 e. The van der Waals surface area contributed by atoms with Crippen molar-refractivity contribution in [1.29, 1.82) is 0 Å². The van der Waals surface area contributed by atoms with Crippen LogP contribution in [0.5, 0.6) is 0 Å². The highest BCUT2D eigenvalue weighted by Crippen LogP contribution is 2.37. The van der Waals surface area contributed by atoms with Gasteiger partial charge in [0.25, 0.3) is 28.8 Å². The fourth-order valence-corrected chi connectivity index (χ4v) is 8.28. The summed E-state index contributed by atoms with van der Waals surface area (Å²) in [5, 5.41) is 14.4. The Kier molecular flexibility index (Phi) is 5.45. The number of benzene rings is 3. The predicted octanol–water partition coefficient (Wildman–Crippen LogP) is 1.74. The number of allylic oxidation sites excluding steroid dienone is 2. The van der Waals surface area contributed by atoms with E-state index in [2.05, 4.69) is 165 Å². The largest absolute Gasteiger partial charge is 0.289 e. The van der Waals surface area contributed by atoms with Gasteiger partial charge in [-0.1, -0.05) is 72.8 Å². The van der Waals surface area contributed by atoms with Crippen LogP contribution in [-0.2, 0) is 0 Å². The molecule has 4 aliphatic heterocycles. The first-order chi connectivity index (χ1) is 21.5. The topological polar surface area (TPSA) is 63.9 Å².